The minimum absolute atomic E-state index is 0.0131. The van der Waals surface area contributed by atoms with Gasteiger partial charge in [0, 0.05) is 23.5 Å². The zero-order chi connectivity index (χ0) is 23.8. The molecule has 8 heteroatoms. The molecule has 2 aromatic rings. The van der Waals surface area contributed by atoms with E-state index in [0.717, 1.165) is 29.7 Å². The minimum Gasteiger partial charge on any atom is -0.444 e. The quantitative estimate of drug-likeness (QED) is 0.613. The molecule has 1 saturated carbocycles. The number of rotatable bonds is 5. The van der Waals surface area contributed by atoms with Crippen molar-refractivity contribution in [3.05, 3.63) is 48.3 Å². The van der Waals surface area contributed by atoms with Gasteiger partial charge in [-0.3, -0.25) is 4.98 Å². The number of nitrogens with zero attached hydrogens (tertiary/aromatic N) is 1. The van der Waals surface area contributed by atoms with E-state index < -0.39 is 21.5 Å². The van der Waals surface area contributed by atoms with Gasteiger partial charge in [0.05, 0.1) is 15.8 Å². The van der Waals surface area contributed by atoms with Crippen LogP contribution in [0.15, 0.2) is 47.5 Å². The maximum absolute atomic E-state index is 13.0. The highest BCUT2D eigenvalue weighted by atomic mass is 32.2. The first-order valence-corrected chi connectivity index (χ1v) is 12.9. The Morgan fingerprint density at radius 2 is 1.91 bits per heavy atom. The second-order valence-corrected chi connectivity index (χ2v) is 12.0. The van der Waals surface area contributed by atoms with Crippen LogP contribution in [-0.2, 0) is 14.6 Å². The molecule has 7 nitrogen and oxygen atoms in total. The number of alkyl carbamates (subject to hydrolysis) is 1. The molecule has 4 rings (SSSR count). The molecular weight excluding hydrogens is 438 g/mol. The Balaban J connectivity index is 1.54. The molecule has 1 aromatic heterocycles. The summed E-state index contributed by atoms with van der Waals surface area (Å²) >= 11 is 0. The van der Waals surface area contributed by atoms with E-state index in [1.165, 1.54) is 0 Å². The van der Waals surface area contributed by atoms with Gasteiger partial charge in [0.25, 0.3) is 0 Å². The monoisotopic (exact) mass is 469 g/mol. The molecule has 2 aliphatic carbocycles. The number of nitrogens with one attached hydrogen (secondary N) is 1. The molecule has 1 amide bonds. The van der Waals surface area contributed by atoms with E-state index in [0.29, 0.717) is 35.4 Å². The zero-order valence-electron chi connectivity index (χ0n) is 19.3. The van der Waals surface area contributed by atoms with Crippen molar-refractivity contribution in [2.75, 3.05) is 5.73 Å². The summed E-state index contributed by atoms with van der Waals surface area (Å²) in [6, 6.07) is 8.85. The summed E-state index contributed by atoms with van der Waals surface area (Å²) in [6.07, 6.45) is 7.00. The predicted molar refractivity (Wildman–Crippen MR) is 129 cm³/mol. The van der Waals surface area contributed by atoms with Crippen LogP contribution in [0.2, 0.25) is 0 Å². The maximum Gasteiger partial charge on any atom is 0.407 e. The highest BCUT2D eigenvalue weighted by Gasteiger charge is 2.38. The summed E-state index contributed by atoms with van der Waals surface area (Å²) < 4.78 is 31.4. The fourth-order valence-corrected chi connectivity index (χ4v) is 5.93. The van der Waals surface area contributed by atoms with Crippen LogP contribution in [0.1, 0.15) is 58.6 Å². The third-order valence-corrected chi connectivity index (χ3v) is 8.11. The van der Waals surface area contributed by atoms with Gasteiger partial charge in [-0.2, -0.15) is 0 Å². The van der Waals surface area contributed by atoms with E-state index in [-0.39, 0.29) is 11.3 Å². The first-order valence-electron chi connectivity index (χ1n) is 11.3. The molecule has 1 unspecified atom stereocenters. The summed E-state index contributed by atoms with van der Waals surface area (Å²) in [7, 11) is -3.40. The number of carbonyl (C=O) groups is 1. The van der Waals surface area contributed by atoms with Crippen LogP contribution < -0.4 is 11.1 Å². The Kier molecular flexibility index (Phi) is 6.22. The highest BCUT2D eigenvalue weighted by Crippen LogP contribution is 2.39. The Morgan fingerprint density at radius 1 is 1.15 bits per heavy atom. The van der Waals surface area contributed by atoms with Crippen LogP contribution in [0.5, 0.6) is 0 Å². The topological polar surface area (TPSA) is 111 Å². The lowest BCUT2D eigenvalue weighted by Gasteiger charge is -2.25. The average molecular weight is 470 g/mol. The summed E-state index contributed by atoms with van der Waals surface area (Å²) in [6.45, 7) is 5.52. The van der Waals surface area contributed by atoms with Crippen LogP contribution in [0.4, 0.5) is 10.5 Å². The molecule has 3 N–H and O–H groups in total. The molecule has 0 saturated heterocycles. The zero-order valence-corrected chi connectivity index (χ0v) is 20.1. The summed E-state index contributed by atoms with van der Waals surface area (Å²) in [5.74, 6) is 0. The van der Waals surface area contributed by atoms with Crippen molar-refractivity contribution < 1.29 is 17.9 Å². The second kappa shape index (κ2) is 8.82. The summed E-state index contributed by atoms with van der Waals surface area (Å²) in [5, 5.41) is 2.62. The van der Waals surface area contributed by atoms with E-state index in [4.69, 9.17) is 10.5 Å². The number of nitrogens with two attached hydrogens (primary N) is 1. The predicted octanol–water partition coefficient (Wildman–Crippen LogP) is 4.73. The third kappa shape index (κ3) is 5.55. The van der Waals surface area contributed by atoms with E-state index in [1.54, 1.807) is 24.4 Å². The molecule has 0 spiro atoms. The molecule has 2 aliphatic rings. The van der Waals surface area contributed by atoms with Gasteiger partial charge in [-0.05, 0) is 88.3 Å². The van der Waals surface area contributed by atoms with Crippen molar-refractivity contribution in [1.29, 1.82) is 0 Å². The minimum atomic E-state index is -3.40. The van der Waals surface area contributed by atoms with E-state index in [1.807, 2.05) is 32.9 Å². The first-order chi connectivity index (χ1) is 15.5. The first kappa shape index (κ1) is 23.3. The largest absolute Gasteiger partial charge is 0.444 e. The van der Waals surface area contributed by atoms with Crippen molar-refractivity contribution >= 4 is 27.2 Å². The molecule has 1 heterocycles. The fourth-order valence-electron chi connectivity index (χ4n) is 4.02. The van der Waals surface area contributed by atoms with Crippen LogP contribution >= 0.6 is 0 Å². The van der Waals surface area contributed by atoms with Gasteiger partial charge in [0.15, 0.2) is 9.84 Å². The van der Waals surface area contributed by atoms with E-state index in [2.05, 4.69) is 16.4 Å². The number of allylic oxidation sites excluding steroid dienone is 1. The van der Waals surface area contributed by atoms with Crippen LogP contribution in [0.3, 0.4) is 0 Å². The van der Waals surface area contributed by atoms with Crippen molar-refractivity contribution in [3.63, 3.8) is 0 Å². The van der Waals surface area contributed by atoms with Gasteiger partial charge in [-0.15, -0.1) is 0 Å². The normalized spacial score (nSPS) is 19.0. The number of ether oxygens (including phenoxy) is 1. The Labute approximate surface area is 195 Å². The third-order valence-electron chi connectivity index (χ3n) is 5.81. The Bertz CT molecular complexity index is 1190. The fraction of sp³-hybridized carbons (Fsp3) is 0.440. The number of benzene rings is 1. The lowest BCUT2D eigenvalue weighted by molar-refractivity contribution is 0.0502. The smallest absolute Gasteiger partial charge is 0.407 e. The van der Waals surface area contributed by atoms with Crippen LogP contribution in [-0.4, -0.2) is 36.4 Å². The van der Waals surface area contributed by atoms with E-state index >= 15 is 0 Å². The molecule has 1 aromatic carbocycles. The van der Waals surface area contributed by atoms with E-state index in [9.17, 15) is 13.2 Å². The van der Waals surface area contributed by atoms with Crippen LogP contribution in [0.25, 0.3) is 16.7 Å². The standard InChI is InChI=1S/C25H31N3O4S/c1-25(2,3)32-24(29)28-19-7-4-16(5-8-19)22-14-17(12-13-27-22)21-11-6-18(26)15-23(21)33(30,31)20-9-10-20/h4,6,11-15,19-20H,5,7-10,26H2,1-3H3,(H,28,29). The average Bonchev–Trinajstić information content (AvgIpc) is 3.59. The molecule has 176 valence electrons. The molecule has 1 atom stereocenters. The van der Waals surface area contributed by atoms with Gasteiger partial charge < -0.3 is 15.8 Å². The molecule has 33 heavy (non-hydrogen) atoms. The van der Waals surface area contributed by atoms with Gasteiger partial charge >= 0.3 is 6.09 Å². The van der Waals surface area contributed by atoms with Gasteiger partial charge in [0.2, 0.25) is 0 Å². The van der Waals surface area contributed by atoms with Gasteiger partial charge in [-0.25, -0.2) is 13.2 Å². The number of amides is 1. The number of aromatic nitrogens is 1. The Hall–Kier alpha value is -2.87. The number of pyridine rings is 1. The number of nitrogen functional groups attached to an aromatic ring is 1. The number of hydrogen-bond donors (Lipinski definition) is 2. The lowest BCUT2D eigenvalue weighted by atomic mass is 9.92. The SMILES string of the molecule is CC(C)(C)OC(=O)NC1CC=C(c2cc(-c3ccc(N)cc3S(=O)(=O)C3CC3)ccn2)CC1. The van der Waals surface area contributed by atoms with Crippen molar-refractivity contribution in [2.45, 2.75) is 74.7 Å². The van der Waals surface area contributed by atoms with Crippen molar-refractivity contribution in [2.24, 2.45) is 0 Å². The van der Waals surface area contributed by atoms with Crippen molar-refractivity contribution in [1.82, 2.24) is 10.3 Å². The number of hydrogen-bond acceptors (Lipinski definition) is 6. The lowest BCUT2D eigenvalue weighted by Crippen LogP contribution is -2.39. The Morgan fingerprint density at radius 3 is 2.55 bits per heavy atom. The van der Waals surface area contributed by atoms with Gasteiger partial charge in [0.1, 0.15) is 5.60 Å². The molecule has 0 aliphatic heterocycles. The van der Waals surface area contributed by atoms with Crippen LogP contribution in [0, 0.1) is 0 Å². The summed E-state index contributed by atoms with van der Waals surface area (Å²) in [5.41, 5.74) is 9.18. The molecule has 1 fully saturated rings. The number of sulfone groups is 1. The number of anilines is 1. The number of carbonyl (C=O) groups excluding carboxylic acids is 1. The highest BCUT2D eigenvalue weighted by molar-refractivity contribution is 7.92. The maximum atomic E-state index is 13.0. The van der Waals surface area contributed by atoms with Crippen molar-refractivity contribution in [3.8, 4) is 11.1 Å². The summed E-state index contributed by atoms with van der Waals surface area (Å²) in [4.78, 5) is 16.9. The molecule has 0 bridgehead atoms. The molecule has 0 radical (unpaired) electrons. The molecular formula is C25H31N3O4S. The second-order valence-electron chi connectivity index (χ2n) is 9.78. The van der Waals surface area contributed by atoms with Gasteiger partial charge in [-0.1, -0.05) is 12.1 Å².